The smallest absolute Gasteiger partial charge is 0.303 e. The van der Waals surface area contributed by atoms with Crippen LogP contribution >= 0.6 is 0 Å². The third kappa shape index (κ3) is 9.67. The zero-order chi connectivity index (χ0) is 12.3. The Morgan fingerprint density at radius 1 is 0.800 bits per heavy atom. The second kappa shape index (κ2) is 4.93. The summed E-state index contributed by atoms with van der Waals surface area (Å²) in [5, 5.41) is 0. The van der Waals surface area contributed by atoms with Gasteiger partial charge in [0.25, 0.3) is 0 Å². The normalized spacial score (nSPS) is 12.1. The van der Waals surface area contributed by atoms with Crippen LogP contribution in [0.1, 0.15) is 6.42 Å². The van der Waals surface area contributed by atoms with Crippen molar-refractivity contribution in [2.45, 2.75) is 45.7 Å². The van der Waals surface area contributed by atoms with Crippen LogP contribution in [0.15, 0.2) is 0 Å². The van der Waals surface area contributed by atoms with Gasteiger partial charge in [0.1, 0.15) is 6.42 Å². The van der Waals surface area contributed by atoms with Crippen LogP contribution in [0.2, 0.25) is 39.3 Å². The van der Waals surface area contributed by atoms with E-state index in [1.165, 1.54) is 0 Å². The third-order valence-electron chi connectivity index (χ3n) is 1.13. The van der Waals surface area contributed by atoms with E-state index in [0.717, 1.165) is 0 Å². The molecule has 0 bridgehead atoms. The fourth-order valence-corrected chi connectivity index (χ4v) is 2.38. The van der Waals surface area contributed by atoms with E-state index in [-0.39, 0.29) is 6.42 Å². The lowest BCUT2D eigenvalue weighted by Gasteiger charge is -2.19. The Labute approximate surface area is 93.2 Å². The molecule has 88 valence electrons. The second-order valence-corrected chi connectivity index (χ2v) is 14.2. The molecule has 0 saturated carbocycles. The molecule has 0 atom stereocenters. The Hall–Kier alpha value is -0.626. The summed E-state index contributed by atoms with van der Waals surface area (Å²) in [6, 6.07) is 0. The molecule has 15 heavy (non-hydrogen) atoms. The molecule has 0 saturated heterocycles. The van der Waals surface area contributed by atoms with E-state index in [4.69, 9.17) is 8.85 Å². The standard InChI is InChI=1S/C9H20O4Si2/c1-14(2,3)12-8(10)7-9(11)13-15(4,5)6/h7H2,1-6H3. The first-order valence-electron chi connectivity index (χ1n) is 4.93. The van der Waals surface area contributed by atoms with Crippen LogP contribution in [-0.4, -0.2) is 28.6 Å². The molecule has 0 heterocycles. The highest BCUT2D eigenvalue weighted by atomic mass is 28.4. The van der Waals surface area contributed by atoms with Crippen LogP contribution in [0.3, 0.4) is 0 Å². The highest BCUT2D eigenvalue weighted by Gasteiger charge is 2.25. The Balaban J connectivity index is 4.04. The van der Waals surface area contributed by atoms with E-state index in [1.54, 1.807) is 0 Å². The minimum absolute atomic E-state index is 0.269. The second-order valence-electron chi connectivity index (χ2n) is 5.35. The van der Waals surface area contributed by atoms with E-state index < -0.39 is 28.6 Å². The molecule has 0 aliphatic carbocycles. The summed E-state index contributed by atoms with van der Waals surface area (Å²) in [4.78, 5) is 22.6. The van der Waals surface area contributed by atoms with Gasteiger partial charge < -0.3 is 8.85 Å². The van der Waals surface area contributed by atoms with Crippen molar-refractivity contribution in [3.05, 3.63) is 0 Å². The molecular weight excluding hydrogens is 228 g/mol. The maximum atomic E-state index is 11.3. The average molecular weight is 248 g/mol. The first-order chi connectivity index (χ1) is 6.49. The highest BCUT2D eigenvalue weighted by Crippen LogP contribution is 2.08. The molecule has 0 aromatic carbocycles. The largest absolute Gasteiger partial charge is 0.519 e. The maximum absolute atomic E-state index is 11.3. The minimum atomic E-state index is -1.89. The van der Waals surface area contributed by atoms with E-state index in [9.17, 15) is 9.59 Å². The molecule has 0 aliphatic heterocycles. The summed E-state index contributed by atoms with van der Waals surface area (Å²) in [5.74, 6) is -0.949. The minimum Gasteiger partial charge on any atom is -0.519 e. The van der Waals surface area contributed by atoms with Gasteiger partial charge in [0.2, 0.25) is 16.6 Å². The van der Waals surface area contributed by atoms with Crippen LogP contribution in [-0.2, 0) is 18.4 Å². The summed E-state index contributed by atoms with van der Waals surface area (Å²) in [5.41, 5.74) is 0. The van der Waals surface area contributed by atoms with Crippen LogP contribution in [0.25, 0.3) is 0 Å². The molecule has 0 N–H and O–H groups in total. The monoisotopic (exact) mass is 248 g/mol. The molecule has 4 nitrogen and oxygen atoms in total. The van der Waals surface area contributed by atoms with Crippen LogP contribution < -0.4 is 0 Å². The Kier molecular flexibility index (Phi) is 4.73. The highest BCUT2D eigenvalue weighted by molar-refractivity contribution is 6.72. The maximum Gasteiger partial charge on any atom is 0.303 e. The lowest BCUT2D eigenvalue weighted by atomic mass is 10.5. The summed E-state index contributed by atoms with van der Waals surface area (Å²) < 4.78 is 10.3. The molecule has 0 fully saturated rings. The van der Waals surface area contributed by atoms with Gasteiger partial charge in [-0.25, -0.2) is 0 Å². The summed E-state index contributed by atoms with van der Waals surface area (Å²) in [6.45, 7) is 11.4. The van der Waals surface area contributed by atoms with Gasteiger partial charge in [-0.15, -0.1) is 0 Å². The van der Waals surface area contributed by atoms with E-state index >= 15 is 0 Å². The van der Waals surface area contributed by atoms with E-state index in [2.05, 4.69) is 0 Å². The molecule has 0 radical (unpaired) electrons. The van der Waals surface area contributed by atoms with Crippen LogP contribution in [0.4, 0.5) is 0 Å². The van der Waals surface area contributed by atoms with Gasteiger partial charge in [0, 0.05) is 0 Å². The van der Waals surface area contributed by atoms with Crippen molar-refractivity contribution in [3.63, 3.8) is 0 Å². The summed E-state index contributed by atoms with van der Waals surface area (Å²) >= 11 is 0. The van der Waals surface area contributed by atoms with Crippen molar-refractivity contribution in [2.75, 3.05) is 0 Å². The fraction of sp³-hybridized carbons (Fsp3) is 0.778. The van der Waals surface area contributed by atoms with Crippen molar-refractivity contribution in [1.29, 1.82) is 0 Å². The lowest BCUT2D eigenvalue weighted by molar-refractivity contribution is -0.144. The topological polar surface area (TPSA) is 52.6 Å². The van der Waals surface area contributed by atoms with Crippen molar-refractivity contribution in [3.8, 4) is 0 Å². The summed E-state index contributed by atoms with van der Waals surface area (Å²) in [7, 11) is -3.78. The van der Waals surface area contributed by atoms with Gasteiger partial charge in [-0.2, -0.15) is 0 Å². The Morgan fingerprint density at radius 3 is 1.27 bits per heavy atom. The molecule has 0 rings (SSSR count). The zero-order valence-electron chi connectivity index (χ0n) is 10.3. The Bertz CT molecular complexity index is 224. The molecular formula is C9H20O4Si2. The van der Waals surface area contributed by atoms with E-state index in [1.807, 2.05) is 39.3 Å². The fourth-order valence-electron chi connectivity index (χ4n) is 0.873. The molecule has 0 spiro atoms. The van der Waals surface area contributed by atoms with Gasteiger partial charge in [-0.05, 0) is 39.3 Å². The lowest BCUT2D eigenvalue weighted by Crippen LogP contribution is -2.33. The molecule has 6 heteroatoms. The first-order valence-corrected chi connectivity index (χ1v) is 11.7. The van der Waals surface area contributed by atoms with Crippen molar-refractivity contribution >= 4 is 28.6 Å². The molecule has 0 aliphatic rings. The molecule has 0 aromatic rings. The van der Waals surface area contributed by atoms with Gasteiger partial charge >= 0.3 is 11.9 Å². The van der Waals surface area contributed by atoms with Crippen LogP contribution in [0, 0.1) is 0 Å². The van der Waals surface area contributed by atoms with Gasteiger partial charge in [0.05, 0.1) is 0 Å². The van der Waals surface area contributed by atoms with Crippen molar-refractivity contribution in [1.82, 2.24) is 0 Å². The number of carbonyl (C=O) groups is 2. The van der Waals surface area contributed by atoms with Gasteiger partial charge in [0.15, 0.2) is 0 Å². The number of carbonyl (C=O) groups excluding carboxylic acids is 2. The zero-order valence-corrected chi connectivity index (χ0v) is 12.3. The number of hydrogen-bond acceptors (Lipinski definition) is 4. The third-order valence-corrected chi connectivity index (χ3v) is 2.81. The summed E-state index contributed by atoms with van der Waals surface area (Å²) in [6.07, 6.45) is -0.269. The first kappa shape index (κ1) is 14.4. The molecule has 0 aromatic heterocycles. The average Bonchev–Trinajstić information content (AvgIpc) is 1.73. The van der Waals surface area contributed by atoms with Crippen LogP contribution in [0.5, 0.6) is 0 Å². The number of hydrogen-bond donors (Lipinski definition) is 0. The number of rotatable bonds is 4. The van der Waals surface area contributed by atoms with Crippen molar-refractivity contribution < 1.29 is 18.4 Å². The quantitative estimate of drug-likeness (QED) is 0.565. The van der Waals surface area contributed by atoms with Gasteiger partial charge in [-0.1, -0.05) is 0 Å². The predicted octanol–water partition coefficient (Wildman–Crippen LogP) is 2.13. The SMILES string of the molecule is C[Si](C)(C)OC(=O)CC(=O)O[Si](C)(C)C. The van der Waals surface area contributed by atoms with E-state index in [0.29, 0.717) is 0 Å². The Morgan fingerprint density at radius 2 is 1.07 bits per heavy atom. The van der Waals surface area contributed by atoms with Crippen molar-refractivity contribution in [2.24, 2.45) is 0 Å². The predicted molar refractivity (Wildman–Crippen MR) is 63.5 cm³/mol. The van der Waals surface area contributed by atoms with Gasteiger partial charge in [-0.3, -0.25) is 9.59 Å². The molecule has 0 amide bonds. The molecule has 0 unspecified atom stereocenters.